The number of nitrogens with zero attached hydrogens (tertiary/aromatic N) is 3. The largest absolute Gasteiger partial charge is 0.340 e. The third kappa shape index (κ3) is 3.88. The second-order valence-electron chi connectivity index (χ2n) is 6.51. The molecule has 2 heterocycles. The highest BCUT2D eigenvalue weighted by molar-refractivity contribution is 5.69. The lowest BCUT2D eigenvalue weighted by molar-refractivity contribution is 0.311. The van der Waals surface area contributed by atoms with Crippen LogP contribution < -0.4 is 5.69 Å². The van der Waals surface area contributed by atoms with Crippen molar-refractivity contribution in [1.29, 1.82) is 0 Å². The first-order chi connectivity index (χ1) is 13.2. The molecule has 27 heavy (non-hydrogen) atoms. The van der Waals surface area contributed by atoms with E-state index in [1.54, 1.807) is 0 Å². The zero-order valence-corrected chi connectivity index (χ0v) is 14.9. The van der Waals surface area contributed by atoms with Gasteiger partial charge < -0.3 is 0 Å². The van der Waals surface area contributed by atoms with Crippen molar-refractivity contribution in [3.05, 3.63) is 82.7 Å². The molecule has 0 aliphatic carbocycles. The first-order valence-electron chi connectivity index (χ1n) is 8.69. The van der Waals surface area contributed by atoms with E-state index in [1.165, 1.54) is 11.1 Å². The summed E-state index contributed by atoms with van der Waals surface area (Å²) >= 11 is 0. The van der Waals surface area contributed by atoms with Gasteiger partial charge in [0.25, 0.3) is 0 Å². The van der Waals surface area contributed by atoms with Crippen LogP contribution in [-0.2, 0) is 13.1 Å². The summed E-state index contributed by atoms with van der Waals surface area (Å²) in [6.07, 6.45) is 1.84. The molecule has 0 aliphatic rings. The molecule has 0 amide bonds. The van der Waals surface area contributed by atoms with E-state index >= 15 is 0 Å². The van der Waals surface area contributed by atoms with E-state index in [9.17, 15) is 4.79 Å². The van der Waals surface area contributed by atoms with Crippen LogP contribution in [0.5, 0.6) is 0 Å². The highest BCUT2D eigenvalue weighted by atomic mass is 16.1. The Hall–Kier alpha value is -3.45. The first kappa shape index (κ1) is 17.0. The standard InChI is InChI=1S/C20H20N6O/c1-26(13-18-22-20(27)25-23-18)12-17-11-21-24-19(17)16-9-7-15(8-10-16)14-5-3-2-4-6-14/h2-11H,12-13H2,1H3,(H,21,24)(H2,22,23,25,27). The Morgan fingerprint density at radius 3 is 2.30 bits per heavy atom. The minimum Gasteiger partial charge on any atom is -0.295 e. The van der Waals surface area contributed by atoms with Crippen molar-refractivity contribution in [2.24, 2.45) is 0 Å². The summed E-state index contributed by atoms with van der Waals surface area (Å²) in [5, 5.41) is 13.6. The van der Waals surface area contributed by atoms with Crippen molar-refractivity contribution >= 4 is 0 Å². The van der Waals surface area contributed by atoms with Gasteiger partial charge in [-0.25, -0.2) is 9.89 Å². The lowest BCUT2D eigenvalue weighted by Gasteiger charge is -2.15. The average molecular weight is 360 g/mol. The molecule has 4 rings (SSSR count). The molecule has 0 fully saturated rings. The van der Waals surface area contributed by atoms with Crippen molar-refractivity contribution in [1.82, 2.24) is 30.3 Å². The molecule has 7 heteroatoms. The van der Waals surface area contributed by atoms with Crippen molar-refractivity contribution in [3.63, 3.8) is 0 Å². The fourth-order valence-corrected chi connectivity index (χ4v) is 3.12. The minimum atomic E-state index is -0.291. The van der Waals surface area contributed by atoms with Crippen molar-refractivity contribution in [3.8, 4) is 22.4 Å². The molecule has 4 aromatic rings. The Morgan fingerprint density at radius 2 is 1.59 bits per heavy atom. The molecule has 0 aliphatic heterocycles. The van der Waals surface area contributed by atoms with Crippen molar-refractivity contribution < 1.29 is 0 Å². The van der Waals surface area contributed by atoms with Gasteiger partial charge in [0.1, 0.15) is 5.82 Å². The maximum Gasteiger partial charge on any atom is 0.340 e. The Morgan fingerprint density at radius 1 is 0.889 bits per heavy atom. The van der Waals surface area contributed by atoms with Crippen LogP contribution in [0.4, 0.5) is 0 Å². The smallest absolute Gasteiger partial charge is 0.295 e. The number of hydrogen-bond acceptors (Lipinski definition) is 4. The number of H-pyrrole nitrogens is 3. The molecule has 0 atom stereocenters. The highest BCUT2D eigenvalue weighted by Gasteiger charge is 2.12. The van der Waals surface area contributed by atoms with Crippen LogP contribution in [-0.4, -0.2) is 37.3 Å². The van der Waals surface area contributed by atoms with Crippen LogP contribution in [0, 0.1) is 0 Å². The highest BCUT2D eigenvalue weighted by Crippen LogP contribution is 2.26. The number of rotatable bonds is 6. The second kappa shape index (κ2) is 7.43. The fraction of sp³-hybridized carbons (Fsp3) is 0.150. The number of nitrogens with one attached hydrogen (secondary N) is 3. The van der Waals surface area contributed by atoms with E-state index < -0.39 is 0 Å². The summed E-state index contributed by atoms with van der Waals surface area (Å²) < 4.78 is 0. The van der Waals surface area contributed by atoms with Gasteiger partial charge in [-0.05, 0) is 23.7 Å². The number of aromatic amines is 3. The summed E-state index contributed by atoms with van der Waals surface area (Å²) in [5.41, 5.74) is 5.26. The molecule has 0 saturated heterocycles. The molecule has 0 radical (unpaired) electrons. The molecule has 7 nitrogen and oxygen atoms in total. The summed E-state index contributed by atoms with van der Waals surface area (Å²) in [4.78, 5) is 15.9. The van der Waals surface area contributed by atoms with Crippen LogP contribution in [0.1, 0.15) is 11.4 Å². The normalized spacial score (nSPS) is 11.2. The van der Waals surface area contributed by atoms with Crippen LogP contribution >= 0.6 is 0 Å². The van der Waals surface area contributed by atoms with Crippen molar-refractivity contribution in [2.45, 2.75) is 13.1 Å². The van der Waals surface area contributed by atoms with Gasteiger partial charge in [-0.1, -0.05) is 54.6 Å². The predicted octanol–water partition coefficient (Wildman–Crippen LogP) is 2.79. The molecular formula is C20H20N6O. The van der Waals surface area contributed by atoms with E-state index in [2.05, 4.69) is 66.7 Å². The summed E-state index contributed by atoms with van der Waals surface area (Å²) in [6, 6.07) is 18.7. The van der Waals surface area contributed by atoms with Crippen molar-refractivity contribution in [2.75, 3.05) is 7.05 Å². The van der Waals surface area contributed by atoms with Gasteiger partial charge in [-0.15, -0.1) is 0 Å². The Balaban J connectivity index is 1.50. The molecule has 136 valence electrons. The van der Waals surface area contributed by atoms with E-state index in [-0.39, 0.29) is 5.69 Å². The third-order valence-electron chi connectivity index (χ3n) is 4.41. The van der Waals surface area contributed by atoms with E-state index in [4.69, 9.17) is 0 Å². The first-order valence-corrected chi connectivity index (χ1v) is 8.69. The topological polar surface area (TPSA) is 93.5 Å². The number of hydrogen-bond donors (Lipinski definition) is 3. The summed E-state index contributed by atoms with van der Waals surface area (Å²) in [5.74, 6) is 0.611. The van der Waals surface area contributed by atoms with Crippen LogP contribution in [0.3, 0.4) is 0 Å². The van der Waals surface area contributed by atoms with Gasteiger partial charge in [0.2, 0.25) is 0 Å². The lowest BCUT2D eigenvalue weighted by atomic mass is 10.0. The number of benzene rings is 2. The van der Waals surface area contributed by atoms with Crippen LogP contribution in [0.25, 0.3) is 22.4 Å². The zero-order chi connectivity index (χ0) is 18.6. The summed E-state index contributed by atoms with van der Waals surface area (Å²) in [6.45, 7) is 1.22. The maximum absolute atomic E-state index is 11.2. The van der Waals surface area contributed by atoms with Gasteiger partial charge >= 0.3 is 5.69 Å². The van der Waals surface area contributed by atoms with Crippen LogP contribution in [0.2, 0.25) is 0 Å². The molecule has 0 unspecified atom stereocenters. The molecule has 2 aromatic heterocycles. The predicted molar refractivity (Wildman–Crippen MR) is 104 cm³/mol. The van der Waals surface area contributed by atoms with E-state index in [1.807, 2.05) is 31.4 Å². The van der Waals surface area contributed by atoms with Gasteiger partial charge in [-0.2, -0.15) is 10.2 Å². The van der Waals surface area contributed by atoms with Gasteiger partial charge in [0, 0.05) is 12.1 Å². The zero-order valence-electron chi connectivity index (χ0n) is 14.9. The second-order valence-corrected chi connectivity index (χ2v) is 6.51. The van der Waals surface area contributed by atoms with Gasteiger partial charge in [-0.3, -0.25) is 15.0 Å². The molecule has 0 saturated carbocycles. The minimum absolute atomic E-state index is 0.291. The molecule has 0 spiro atoms. The Labute approximate surface area is 156 Å². The SMILES string of the molecule is CN(Cc1n[nH]c(=O)[nH]1)Cc1cn[nH]c1-c1ccc(-c2ccccc2)cc1. The summed E-state index contributed by atoms with van der Waals surface area (Å²) in [7, 11) is 1.97. The van der Waals surface area contributed by atoms with Crippen LogP contribution in [0.15, 0.2) is 65.6 Å². The lowest BCUT2D eigenvalue weighted by Crippen LogP contribution is -2.18. The average Bonchev–Trinajstić information content (AvgIpc) is 3.31. The maximum atomic E-state index is 11.2. The van der Waals surface area contributed by atoms with E-state index in [0.717, 1.165) is 16.8 Å². The molecule has 0 bridgehead atoms. The fourth-order valence-electron chi connectivity index (χ4n) is 3.12. The third-order valence-corrected chi connectivity index (χ3v) is 4.41. The molecule has 2 aromatic carbocycles. The molecular weight excluding hydrogens is 340 g/mol. The van der Waals surface area contributed by atoms with E-state index in [0.29, 0.717) is 18.9 Å². The quantitative estimate of drug-likeness (QED) is 0.493. The Bertz CT molecular complexity index is 1060. The van der Waals surface area contributed by atoms with Gasteiger partial charge in [0.05, 0.1) is 18.4 Å². The Kier molecular flexibility index (Phi) is 4.67. The monoisotopic (exact) mass is 360 g/mol. The molecule has 3 N–H and O–H groups in total. The number of aromatic nitrogens is 5. The van der Waals surface area contributed by atoms with Gasteiger partial charge in [0.15, 0.2) is 0 Å².